The van der Waals surface area contributed by atoms with E-state index in [0.29, 0.717) is 19.0 Å². The predicted molar refractivity (Wildman–Crippen MR) is 93.7 cm³/mol. The normalized spacial score (nSPS) is 18.1. The molecule has 24 heavy (non-hydrogen) atoms. The molecule has 0 radical (unpaired) electrons. The Hall–Kier alpha value is -2.15. The van der Waals surface area contributed by atoms with Gasteiger partial charge in [0.1, 0.15) is 0 Å². The summed E-state index contributed by atoms with van der Waals surface area (Å²) in [5, 5.41) is 6.34. The SMILES string of the molecule is CN(C)C(=O)CNC(=NCc1ccccn1)NCC1CCCCO1. The van der Waals surface area contributed by atoms with Crippen molar-refractivity contribution in [3.05, 3.63) is 30.1 Å². The molecule has 1 aliphatic heterocycles. The van der Waals surface area contributed by atoms with E-state index in [-0.39, 0.29) is 18.6 Å². The van der Waals surface area contributed by atoms with E-state index >= 15 is 0 Å². The second-order valence-corrected chi connectivity index (χ2v) is 6.00. The molecule has 0 aromatic carbocycles. The zero-order chi connectivity index (χ0) is 17.2. The molecule has 132 valence electrons. The Morgan fingerprint density at radius 2 is 2.25 bits per heavy atom. The van der Waals surface area contributed by atoms with Crippen LogP contribution in [0.5, 0.6) is 0 Å². The largest absolute Gasteiger partial charge is 0.376 e. The van der Waals surface area contributed by atoms with Gasteiger partial charge in [0.15, 0.2) is 5.96 Å². The highest BCUT2D eigenvalue weighted by Crippen LogP contribution is 2.11. The highest BCUT2D eigenvalue weighted by atomic mass is 16.5. The second-order valence-electron chi connectivity index (χ2n) is 6.00. The third-order valence-electron chi connectivity index (χ3n) is 3.80. The molecule has 2 heterocycles. The standard InChI is InChI=1S/C17H27N5O2/c1-22(2)16(23)13-21-17(19-11-14-7-3-5-9-18-14)20-12-15-8-4-6-10-24-15/h3,5,7,9,15H,4,6,8,10-13H2,1-2H3,(H2,19,20,21). The minimum atomic E-state index is -0.00347. The van der Waals surface area contributed by atoms with Gasteiger partial charge in [-0.2, -0.15) is 0 Å². The smallest absolute Gasteiger partial charge is 0.241 e. The number of hydrogen-bond donors (Lipinski definition) is 2. The average molecular weight is 333 g/mol. The monoisotopic (exact) mass is 333 g/mol. The number of amides is 1. The Morgan fingerprint density at radius 1 is 1.38 bits per heavy atom. The van der Waals surface area contributed by atoms with Crippen LogP contribution in [-0.2, 0) is 16.1 Å². The highest BCUT2D eigenvalue weighted by Gasteiger charge is 2.14. The summed E-state index contributed by atoms with van der Waals surface area (Å²) in [5.41, 5.74) is 0.881. The van der Waals surface area contributed by atoms with Gasteiger partial charge in [0, 0.05) is 33.4 Å². The van der Waals surface area contributed by atoms with Gasteiger partial charge in [-0.1, -0.05) is 6.07 Å². The lowest BCUT2D eigenvalue weighted by Crippen LogP contribution is -2.45. The van der Waals surface area contributed by atoms with Crippen molar-refractivity contribution in [2.75, 3.05) is 33.8 Å². The number of carbonyl (C=O) groups excluding carboxylic acids is 1. The van der Waals surface area contributed by atoms with Crippen LogP contribution in [0.2, 0.25) is 0 Å². The van der Waals surface area contributed by atoms with Crippen LogP contribution in [0.3, 0.4) is 0 Å². The lowest BCUT2D eigenvalue weighted by molar-refractivity contribution is -0.127. The maximum absolute atomic E-state index is 11.8. The molecule has 1 amide bonds. The fourth-order valence-corrected chi connectivity index (χ4v) is 2.32. The van der Waals surface area contributed by atoms with Crippen LogP contribution >= 0.6 is 0 Å². The molecule has 1 aromatic heterocycles. The summed E-state index contributed by atoms with van der Waals surface area (Å²) in [6.45, 7) is 2.16. The van der Waals surface area contributed by atoms with Crippen LogP contribution < -0.4 is 10.6 Å². The molecular weight excluding hydrogens is 306 g/mol. The number of aliphatic imine (C=N–C) groups is 1. The molecule has 2 rings (SSSR count). The Bertz CT molecular complexity index is 527. The Kier molecular flexibility index (Phi) is 7.48. The molecule has 1 unspecified atom stereocenters. The number of carbonyl (C=O) groups is 1. The van der Waals surface area contributed by atoms with Gasteiger partial charge in [0.25, 0.3) is 0 Å². The lowest BCUT2D eigenvalue weighted by atomic mass is 10.1. The molecule has 7 nitrogen and oxygen atoms in total. The van der Waals surface area contributed by atoms with E-state index in [4.69, 9.17) is 4.74 Å². The van der Waals surface area contributed by atoms with Crippen LogP contribution in [0.1, 0.15) is 25.0 Å². The Labute approximate surface area is 143 Å². The molecule has 0 spiro atoms. The van der Waals surface area contributed by atoms with Crippen LogP contribution in [0.25, 0.3) is 0 Å². The lowest BCUT2D eigenvalue weighted by Gasteiger charge is -2.24. The van der Waals surface area contributed by atoms with Crippen molar-refractivity contribution in [2.24, 2.45) is 4.99 Å². The highest BCUT2D eigenvalue weighted by molar-refractivity contribution is 5.86. The zero-order valence-electron chi connectivity index (χ0n) is 14.5. The first kappa shape index (κ1) is 18.2. The van der Waals surface area contributed by atoms with Crippen molar-refractivity contribution in [3.8, 4) is 0 Å². The van der Waals surface area contributed by atoms with E-state index in [9.17, 15) is 4.79 Å². The number of nitrogens with zero attached hydrogens (tertiary/aromatic N) is 3. The van der Waals surface area contributed by atoms with E-state index in [1.54, 1.807) is 25.2 Å². The molecule has 1 aromatic rings. The number of guanidine groups is 1. The average Bonchev–Trinajstić information content (AvgIpc) is 2.62. The summed E-state index contributed by atoms with van der Waals surface area (Å²) in [6, 6.07) is 5.74. The minimum Gasteiger partial charge on any atom is -0.376 e. The molecule has 1 saturated heterocycles. The first-order chi connectivity index (χ1) is 11.6. The van der Waals surface area contributed by atoms with Gasteiger partial charge in [0.2, 0.25) is 5.91 Å². The van der Waals surface area contributed by atoms with E-state index < -0.39 is 0 Å². The van der Waals surface area contributed by atoms with Crippen LogP contribution in [0.4, 0.5) is 0 Å². The number of hydrogen-bond acceptors (Lipinski definition) is 4. The topological polar surface area (TPSA) is 78.9 Å². The van der Waals surface area contributed by atoms with Crippen molar-refractivity contribution < 1.29 is 9.53 Å². The Morgan fingerprint density at radius 3 is 2.92 bits per heavy atom. The summed E-state index contributed by atoms with van der Waals surface area (Å²) in [6.07, 6.45) is 5.32. The van der Waals surface area contributed by atoms with E-state index in [2.05, 4.69) is 20.6 Å². The minimum absolute atomic E-state index is 0.00347. The first-order valence-corrected chi connectivity index (χ1v) is 8.39. The number of likely N-dealkylation sites (N-methyl/N-ethyl adjacent to an activating group) is 1. The number of rotatable bonds is 6. The first-order valence-electron chi connectivity index (χ1n) is 8.39. The van der Waals surface area contributed by atoms with Crippen molar-refractivity contribution in [2.45, 2.75) is 31.9 Å². The molecule has 7 heteroatoms. The van der Waals surface area contributed by atoms with Crippen LogP contribution in [-0.4, -0.2) is 61.6 Å². The maximum atomic E-state index is 11.8. The van der Waals surface area contributed by atoms with E-state index in [0.717, 1.165) is 25.1 Å². The summed E-state index contributed by atoms with van der Waals surface area (Å²) in [7, 11) is 3.47. The third kappa shape index (κ3) is 6.54. The van der Waals surface area contributed by atoms with Gasteiger partial charge >= 0.3 is 0 Å². The quantitative estimate of drug-likeness (QED) is 0.594. The van der Waals surface area contributed by atoms with E-state index in [1.165, 1.54) is 6.42 Å². The molecule has 1 atom stereocenters. The van der Waals surface area contributed by atoms with Crippen molar-refractivity contribution >= 4 is 11.9 Å². The predicted octanol–water partition coefficient (Wildman–Crippen LogP) is 0.774. The molecule has 1 aliphatic rings. The molecular formula is C17H27N5O2. The van der Waals surface area contributed by atoms with Gasteiger partial charge < -0.3 is 20.3 Å². The van der Waals surface area contributed by atoms with Gasteiger partial charge in [-0.25, -0.2) is 4.99 Å². The molecule has 2 N–H and O–H groups in total. The van der Waals surface area contributed by atoms with Gasteiger partial charge in [-0.15, -0.1) is 0 Å². The number of ether oxygens (including phenoxy) is 1. The number of pyridine rings is 1. The third-order valence-corrected chi connectivity index (χ3v) is 3.80. The van der Waals surface area contributed by atoms with E-state index in [1.807, 2.05) is 18.2 Å². The fraction of sp³-hybridized carbons (Fsp3) is 0.588. The van der Waals surface area contributed by atoms with Crippen molar-refractivity contribution in [3.63, 3.8) is 0 Å². The van der Waals surface area contributed by atoms with Gasteiger partial charge in [0.05, 0.1) is 24.9 Å². The van der Waals surface area contributed by atoms with Crippen molar-refractivity contribution in [1.29, 1.82) is 0 Å². The van der Waals surface area contributed by atoms with Gasteiger partial charge in [-0.3, -0.25) is 9.78 Å². The fourth-order valence-electron chi connectivity index (χ4n) is 2.32. The zero-order valence-corrected chi connectivity index (χ0v) is 14.5. The van der Waals surface area contributed by atoms with Crippen LogP contribution in [0.15, 0.2) is 29.4 Å². The summed E-state index contributed by atoms with van der Waals surface area (Å²) in [5.74, 6) is 0.598. The molecule has 0 bridgehead atoms. The van der Waals surface area contributed by atoms with Crippen LogP contribution in [0, 0.1) is 0 Å². The van der Waals surface area contributed by atoms with Gasteiger partial charge in [-0.05, 0) is 31.4 Å². The summed E-state index contributed by atoms with van der Waals surface area (Å²) >= 11 is 0. The molecule has 0 aliphatic carbocycles. The summed E-state index contributed by atoms with van der Waals surface area (Å²) < 4.78 is 5.72. The molecule has 1 fully saturated rings. The maximum Gasteiger partial charge on any atom is 0.241 e. The molecule has 0 saturated carbocycles. The summed E-state index contributed by atoms with van der Waals surface area (Å²) in [4.78, 5) is 22.1. The number of nitrogens with one attached hydrogen (secondary N) is 2. The number of aromatic nitrogens is 1. The second kappa shape index (κ2) is 9.87. The van der Waals surface area contributed by atoms with Crippen molar-refractivity contribution in [1.82, 2.24) is 20.5 Å². The Balaban J connectivity index is 1.90.